The molecule has 7 heteroatoms. The average Bonchev–Trinajstić information content (AvgIpc) is 3.12. The maximum Gasteiger partial charge on any atom is 0.264 e. The van der Waals surface area contributed by atoms with E-state index in [0.29, 0.717) is 17.8 Å². The number of hydrogen-bond acceptors (Lipinski definition) is 4. The lowest BCUT2D eigenvalue weighted by Crippen LogP contribution is -2.50. The lowest BCUT2D eigenvalue weighted by atomic mass is 10.1. The predicted molar refractivity (Wildman–Crippen MR) is 89.3 cm³/mol. The van der Waals surface area contributed by atoms with E-state index in [0.717, 1.165) is 6.42 Å². The van der Waals surface area contributed by atoms with Crippen LogP contribution in [-0.2, 0) is 9.59 Å². The van der Waals surface area contributed by atoms with Crippen molar-refractivity contribution in [3.05, 3.63) is 22.4 Å². The molecule has 0 bridgehead atoms. The second-order valence-electron chi connectivity index (χ2n) is 6.65. The Morgan fingerprint density at radius 1 is 1.35 bits per heavy atom. The molecule has 1 fully saturated rings. The van der Waals surface area contributed by atoms with Crippen LogP contribution in [-0.4, -0.2) is 47.3 Å². The average molecular weight is 337 g/mol. The standard InChI is InChI=1S/C16H23N3O3S/c1-16(2,3)18-13(20)10-17-14(21)11-6-4-8-19(11)15(22)12-7-5-9-23-12/h5,7,9,11H,4,6,8,10H2,1-3H3,(H,17,21)(H,18,20). The molecule has 0 aromatic carbocycles. The first-order valence-corrected chi connectivity index (χ1v) is 8.59. The van der Waals surface area contributed by atoms with Crippen molar-refractivity contribution in [1.29, 1.82) is 0 Å². The Bertz CT molecular complexity index is 578. The van der Waals surface area contributed by atoms with Crippen LogP contribution >= 0.6 is 11.3 Å². The molecule has 1 saturated heterocycles. The molecule has 1 aromatic heterocycles. The zero-order valence-electron chi connectivity index (χ0n) is 13.7. The van der Waals surface area contributed by atoms with Gasteiger partial charge in [-0.1, -0.05) is 6.07 Å². The minimum Gasteiger partial charge on any atom is -0.350 e. The zero-order chi connectivity index (χ0) is 17.0. The molecule has 2 rings (SSSR count). The van der Waals surface area contributed by atoms with Crippen molar-refractivity contribution in [2.45, 2.75) is 45.2 Å². The van der Waals surface area contributed by atoms with Gasteiger partial charge in [-0.25, -0.2) is 0 Å². The maximum absolute atomic E-state index is 12.4. The van der Waals surface area contributed by atoms with Gasteiger partial charge in [-0.05, 0) is 45.1 Å². The van der Waals surface area contributed by atoms with Gasteiger partial charge < -0.3 is 15.5 Å². The maximum atomic E-state index is 12.4. The SMILES string of the molecule is CC(C)(C)NC(=O)CNC(=O)C1CCCN1C(=O)c1cccs1. The molecule has 1 aliphatic rings. The third-order valence-corrected chi connectivity index (χ3v) is 4.34. The van der Waals surface area contributed by atoms with Crippen molar-refractivity contribution in [3.8, 4) is 0 Å². The highest BCUT2D eigenvalue weighted by atomic mass is 32.1. The highest BCUT2D eigenvalue weighted by Crippen LogP contribution is 2.22. The summed E-state index contributed by atoms with van der Waals surface area (Å²) < 4.78 is 0. The second-order valence-corrected chi connectivity index (χ2v) is 7.60. The van der Waals surface area contributed by atoms with Gasteiger partial charge in [-0.2, -0.15) is 0 Å². The van der Waals surface area contributed by atoms with Crippen LogP contribution < -0.4 is 10.6 Å². The zero-order valence-corrected chi connectivity index (χ0v) is 14.5. The van der Waals surface area contributed by atoms with Gasteiger partial charge in [0.05, 0.1) is 11.4 Å². The van der Waals surface area contributed by atoms with Gasteiger partial charge in [0.2, 0.25) is 11.8 Å². The molecular weight excluding hydrogens is 314 g/mol. The van der Waals surface area contributed by atoms with E-state index in [1.807, 2.05) is 32.2 Å². The smallest absolute Gasteiger partial charge is 0.264 e. The van der Waals surface area contributed by atoms with Crippen molar-refractivity contribution >= 4 is 29.1 Å². The number of carbonyl (C=O) groups excluding carboxylic acids is 3. The number of hydrogen-bond donors (Lipinski definition) is 2. The molecule has 2 heterocycles. The summed E-state index contributed by atoms with van der Waals surface area (Å²) in [5.74, 6) is -0.617. The van der Waals surface area contributed by atoms with E-state index in [4.69, 9.17) is 0 Å². The first-order chi connectivity index (χ1) is 10.8. The van der Waals surface area contributed by atoms with Crippen molar-refractivity contribution < 1.29 is 14.4 Å². The third kappa shape index (κ3) is 4.79. The molecule has 0 saturated carbocycles. The van der Waals surface area contributed by atoms with Gasteiger partial charge >= 0.3 is 0 Å². The highest BCUT2D eigenvalue weighted by molar-refractivity contribution is 7.12. The summed E-state index contributed by atoms with van der Waals surface area (Å²) in [6.45, 7) is 6.14. The molecule has 0 aliphatic carbocycles. The summed E-state index contributed by atoms with van der Waals surface area (Å²) in [5, 5.41) is 7.27. The van der Waals surface area contributed by atoms with E-state index in [1.165, 1.54) is 11.3 Å². The normalized spacial score (nSPS) is 17.9. The molecule has 6 nitrogen and oxygen atoms in total. The van der Waals surface area contributed by atoms with Crippen LogP contribution in [0.2, 0.25) is 0 Å². The van der Waals surface area contributed by atoms with Crippen LogP contribution in [0.15, 0.2) is 17.5 Å². The van der Waals surface area contributed by atoms with E-state index >= 15 is 0 Å². The number of likely N-dealkylation sites (tertiary alicyclic amines) is 1. The minimum absolute atomic E-state index is 0.0758. The summed E-state index contributed by atoms with van der Waals surface area (Å²) in [4.78, 5) is 38.8. The van der Waals surface area contributed by atoms with Crippen molar-refractivity contribution in [2.75, 3.05) is 13.1 Å². The number of amides is 3. The Hall–Kier alpha value is -1.89. The largest absolute Gasteiger partial charge is 0.350 e. The van der Waals surface area contributed by atoms with Gasteiger partial charge in [0.1, 0.15) is 6.04 Å². The molecule has 0 radical (unpaired) electrons. The van der Waals surface area contributed by atoms with Gasteiger partial charge in [-0.15, -0.1) is 11.3 Å². The van der Waals surface area contributed by atoms with Crippen LogP contribution in [0, 0.1) is 0 Å². The molecule has 1 aliphatic heterocycles. The molecular formula is C16H23N3O3S. The summed E-state index contributed by atoms with van der Waals surface area (Å²) in [7, 11) is 0. The Morgan fingerprint density at radius 3 is 2.70 bits per heavy atom. The van der Waals surface area contributed by atoms with Crippen molar-refractivity contribution in [1.82, 2.24) is 15.5 Å². The number of rotatable bonds is 4. The lowest BCUT2D eigenvalue weighted by molar-refractivity contribution is -0.128. The van der Waals surface area contributed by atoms with Gasteiger partial charge in [0.25, 0.3) is 5.91 Å². The Morgan fingerprint density at radius 2 is 2.09 bits per heavy atom. The van der Waals surface area contributed by atoms with Crippen LogP contribution in [0.4, 0.5) is 0 Å². The van der Waals surface area contributed by atoms with Crippen molar-refractivity contribution in [2.24, 2.45) is 0 Å². The van der Waals surface area contributed by atoms with E-state index in [2.05, 4.69) is 10.6 Å². The summed E-state index contributed by atoms with van der Waals surface area (Å²) in [6, 6.07) is 3.09. The molecule has 3 amide bonds. The quantitative estimate of drug-likeness (QED) is 0.871. The number of nitrogens with one attached hydrogen (secondary N) is 2. The van der Waals surface area contributed by atoms with Crippen molar-refractivity contribution in [3.63, 3.8) is 0 Å². The molecule has 1 atom stereocenters. The molecule has 2 N–H and O–H groups in total. The van der Waals surface area contributed by atoms with Gasteiger partial charge in [0.15, 0.2) is 0 Å². The molecule has 1 aromatic rings. The highest BCUT2D eigenvalue weighted by Gasteiger charge is 2.34. The molecule has 1 unspecified atom stereocenters. The fraction of sp³-hybridized carbons (Fsp3) is 0.562. The fourth-order valence-electron chi connectivity index (χ4n) is 2.57. The van der Waals surface area contributed by atoms with Crippen LogP contribution in [0.1, 0.15) is 43.3 Å². The molecule has 126 valence electrons. The molecule has 0 spiro atoms. The van der Waals surface area contributed by atoms with E-state index in [1.54, 1.807) is 11.0 Å². The topological polar surface area (TPSA) is 78.5 Å². The number of thiophene rings is 1. The summed E-state index contributed by atoms with van der Waals surface area (Å²) in [6.07, 6.45) is 1.42. The van der Waals surface area contributed by atoms with E-state index in [9.17, 15) is 14.4 Å². The number of nitrogens with zero attached hydrogens (tertiary/aromatic N) is 1. The van der Waals surface area contributed by atoms with Crippen LogP contribution in [0.5, 0.6) is 0 Å². The second kappa shape index (κ2) is 7.12. The molecule has 23 heavy (non-hydrogen) atoms. The number of carbonyl (C=O) groups is 3. The van der Waals surface area contributed by atoms with Crippen LogP contribution in [0.3, 0.4) is 0 Å². The first-order valence-electron chi connectivity index (χ1n) is 7.71. The first kappa shape index (κ1) is 17.5. The Balaban J connectivity index is 1.91. The third-order valence-electron chi connectivity index (χ3n) is 3.49. The van der Waals surface area contributed by atoms with E-state index < -0.39 is 6.04 Å². The summed E-state index contributed by atoms with van der Waals surface area (Å²) >= 11 is 1.37. The van der Waals surface area contributed by atoms with Crippen LogP contribution in [0.25, 0.3) is 0 Å². The van der Waals surface area contributed by atoms with E-state index in [-0.39, 0.29) is 29.8 Å². The monoisotopic (exact) mass is 337 g/mol. The Labute approximate surface area is 140 Å². The van der Waals surface area contributed by atoms with Gasteiger partial charge in [-0.3, -0.25) is 14.4 Å². The predicted octanol–water partition coefficient (Wildman–Crippen LogP) is 1.38. The van der Waals surface area contributed by atoms with Gasteiger partial charge in [0, 0.05) is 12.1 Å². The lowest BCUT2D eigenvalue weighted by Gasteiger charge is -2.24. The summed E-state index contributed by atoms with van der Waals surface area (Å²) in [5.41, 5.74) is -0.337. The Kier molecular flexibility index (Phi) is 5.41. The minimum atomic E-state index is -0.493. The fourth-order valence-corrected chi connectivity index (χ4v) is 3.25.